The number of nitrogens with one attached hydrogen (secondary N) is 2. The molecule has 0 saturated carbocycles. The highest BCUT2D eigenvalue weighted by Gasteiger charge is 2.08. The van der Waals surface area contributed by atoms with Crippen LogP contribution in [0.1, 0.15) is 6.42 Å². The van der Waals surface area contributed by atoms with Gasteiger partial charge in [0.1, 0.15) is 0 Å². The highest BCUT2D eigenvalue weighted by molar-refractivity contribution is 5.77. The third-order valence-electron chi connectivity index (χ3n) is 1.63. The van der Waals surface area contributed by atoms with Crippen molar-refractivity contribution >= 4 is 6.21 Å². The molecule has 1 heterocycles. The fraction of sp³-hybridized carbons (Fsp3) is 0.571. The van der Waals surface area contributed by atoms with E-state index in [1.165, 1.54) is 6.21 Å². The second kappa shape index (κ2) is 3.37. The van der Waals surface area contributed by atoms with Gasteiger partial charge in [-0.15, -0.1) is 0 Å². The number of ether oxygens (including phenoxy) is 1. The van der Waals surface area contributed by atoms with Crippen LogP contribution in [-0.2, 0) is 4.74 Å². The van der Waals surface area contributed by atoms with Crippen molar-refractivity contribution in [1.82, 2.24) is 5.32 Å². The van der Waals surface area contributed by atoms with Crippen LogP contribution in [0.3, 0.4) is 0 Å². The molecule has 10 heavy (non-hydrogen) atoms. The summed E-state index contributed by atoms with van der Waals surface area (Å²) in [6.45, 7) is 1.37. The SMILES string of the molecule is CNC1=C(C=N)CCOC1. The van der Waals surface area contributed by atoms with Gasteiger partial charge in [-0.3, -0.25) is 0 Å². The monoisotopic (exact) mass is 140 g/mol. The van der Waals surface area contributed by atoms with Crippen LogP contribution in [0.2, 0.25) is 0 Å². The minimum absolute atomic E-state index is 0.626. The molecule has 3 heteroatoms. The summed E-state index contributed by atoms with van der Waals surface area (Å²) >= 11 is 0. The number of hydrogen-bond acceptors (Lipinski definition) is 3. The lowest BCUT2D eigenvalue weighted by Gasteiger charge is -2.17. The van der Waals surface area contributed by atoms with E-state index < -0.39 is 0 Å². The van der Waals surface area contributed by atoms with Crippen LogP contribution >= 0.6 is 0 Å². The Balaban J connectivity index is 2.72. The minimum Gasteiger partial charge on any atom is -0.389 e. The van der Waals surface area contributed by atoms with Gasteiger partial charge < -0.3 is 15.5 Å². The standard InChI is InChI=1S/C7H12N2O/c1-9-7-5-10-3-2-6(7)4-8/h4,8-9H,2-3,5H2,1H3. The summed E-state index contributed by atoms with van der Waals surface area (Å²) < 4.78 is 5.18. The van der Waals surface area contributed by atoms with Gasteiger partial charge in [0.05, 0.1) is 13.2 Å². The molecule has 0 radical (unpaired) electrons. The summed E-state index contributed by atoms with van der Waals surface area (Å²) in [4.78, 5) is 0. The van der Waals surface area contributed by atoms with Gasteiger partial charge in [0.15, 0.2) is 0 Å². The fourth-order valence-electron chi connectivity index (χ4n) is 0.992. The van der Waals surface area contributed by atoms with E-state index in [0.717, 1.165) is 24.3 Å². The van der Waals surface area contributed by atoms with E-state index in [4.69, 9.17) is 10.1 Å². The van der Waals surface area contributed by atoms with Crippen LogP contribution in [0.25, 0.3) is 0 Å². The maximum absolute atomic E-state index is 7.05. The molecule has 0 amide bonds. The van der Waals surface area contributed by atoms with E-state index in [0.29, 0.717) is 6.61 Å². The highest BCUT2D eigenvalue weighted by Crippen LogP contribution is 2.10. The first-order valence-electron chi connectivity index (χ1n) is 3.36. The molecule has 0 saturated heterocycles. The molecule has 1 rings (SSSR count). The summed E-state index contributed by atoms with van der Waals surface area (Å²) in [7, 11) is 1.85. The molecule has 0 bridgehead atoms. The van der Waals surface area contributed by atoms with Crippen LogP contribution in [0, 0.1) is 5.41 Å². The summed E-state index contributed by atoms with van der Waals surface area (Å²) in [5, 5.41) is 10.1. The van der Waals surface area contributed by atoms with Crippen LogP contribution in [0.4, 0.5) is 0 Å². The van der Waals surface area contributed by atoms with Crippen molar-refractivity contribution in [1.29, 1.82) is 5.41 Å². The van der Waals surface area contributed by atoms with Crippen molar-refractivity contribution in [3.63, 3.8) is 0 Å². The Hall–Kier alpha value is -0.830. The van der Waals surface area contributed by atoms with Gasteiger partial charge in [-0.25, -0.2) is 0 Å². The Morgan fingerprint density at radius 3 is 3.00 bits per heavy atom. The second-order valence-electron chi connectivity index (χ2n) is 2.20. The average molecular weight is 140 g/mol. The molecule has 0 aromatic carbocycles. The molecule has 56 valence electrons. The fourth-order valence-corrected chi connectivity index (χ4v) is 0.992. The second-order valence-corrected chi connectivity index (χ2v) is 2.20. The molecule has 0 aromatic heterocycles. The molecule has 0 aromatic rings. The lowest BCUT2D eigenvalue weighted by molar-refractivity contribution is 0.144. The van der Waals surface area contributed by atoms with Gasteiger partial charge in [-0.1, -0.05) is 0 Å². The maximum atomic E-state index is 7.05. The molecule has 1 aliphatic heterocycles. The number of rotatable bonds is 2. The first-order valence-corrected chi connectivity index (χ1v) is 3.36. The Bertz CT molecular complexity index is 163. The van der Waals surface area contributed by atoms with Crippen molar-refractivity contribution < 1.29 is 4.74 Å². The van der Waals surface area contributed by atoms with Crippen molar-refractivity contribution in [2.45, 2.75) is 6.42 Å². The van der Waals surface area contributed by atoms with E-state index in [1.54, 1.807) is 0 Å². The molecule has 0 fully saturated rings. The molecule has 0 unspecified atom stereocenters. The normalized spacial score (nSPS) is 18.9. The summed E-state index contributed by atoms with van der Waals surface area (Å²) in [6.07, 6.45) is 2.26. The number of hydrogen-bond donors (Lipinski definition) is 2. The Kier molecular flexibility index (Phi) is 2.45. The lowest BCUT2D eigenvalue weighted by atomic mass is 10.1. The topological polar surface area (TPSA) is 45.1 Å². The van der Waals surface area contributed by atoms with Crippen molar-refractivity contribution in [3.8, 4) is 0 Å². The Morgan fingerprint density at radius 1 is 1.70 bits per heavy atom. The van der Waals surface area contributed by atoms with Gasteiger partial charge in [-0.2, -0.15) is 0 Å². The van der Waals surface area contributed by atoms with E-state index in [9.17, 15) is 0 Å². The van der Waals surface area contributed by atoms with E-state index in [1.807, 2.05) is 7.05 Å². The van der Waals surface area contributed by atoms with Crippen molar-refractivity contribution in [2.24, 2.45) is 0 Å². The predicted molar refractivity (Wildman–Crippen MR) is 40.3 cm³/mol. The Morgan fingerprint density at radius 2 is 2.50 bits per heavy atom. The summed E-state index contributed by atoms with van der Waals surface area (Å²) in [5.41, 5.74) is 2.11. The van der Waals surface area contributed by atoms with Crippen molar-refractivity contribution in [3.05, 3.63) is 11.3 Å². The molecule has 0 spiro atoms. The summed E-state index contributed by atoms with van der Waals surface area (Å²) in [6, 6.07) is 0. The quantitative estimate of drug-likeness (QED) is 0.549. The molecular weight excluding hydrogens is 128 g/mol. The van der Waals surface area contributed by atoms with Crippen LogP contribution in [-0.4, -0.2) is 26.5 Å². The largest absolute Gasteiger partial charge is 0.389 e. The van der Waals surface area contributed by atoms with E-state index in [2.05, 4.69) is 5.32 Å². The van der Waals surface area contributed by atoms with Gasteiger partial charge in [0.25, 0.3) is 0 Å². The van der Waals surface area contributed by atoms with Gasteiger partial charge in [-0.05, 0) is 12.0 Å². The van der Waals surface area contributed by atoms with E-state index in [-0.39, 0.29) is 0 Å². The predicted octanol–water partition coefficient (Wildman–Crippen LogP) is 0.530. The lowest BCUT2D eigenvalue weighted by Crippen LogP contribution is -2.20. The molecule has 2 N–H and O–H groups in total. The molecule has 0 aliphatic carbocycles. The summed E-state index contributed by atoms with van der Waals surface area (Å²) in [5.74, 6) is 0. The molecule has 1 aliphatic rings. The smallest absolute Gasteiger partial charge is 0.0865 e. The first-order chi connectivity index (χ1) is 4.88. The van der Waals surface area contributed by atoms with Crippen molar-refractivity contribution in [2.75, 3.05) is 20.3 Å². The third kappa shape index (κ3) is 1.36. The number of likely N-dealkylation sites (N-methyl/N-ethyl adjacent to an activating group) is 1. The van der Waals surface area contributed by atoms with Gasteiger partial charge >= 0.3 is 0 Å². The highest BCUT2D eigenvalue weighted by atomic mass is 16.5. The maximum Gasteiger partial charge on any atom is 0.0865 e. The average Bonchev–Trinajstić information content (AvgIpc) is 2.04. The molecule has 3 nitrogen and oxygen atoms in total. The van der Waals surface area contributed by atoms with Gasteiger partial charge in [0, 0.05) is 19.0 Å². The zero-order valence-electron chi connectivity index (χ0n) is 6.11. The minimum atomic E-state index is 0.626. The van der Waals surface area contributed by atoms with E-state index >= 15 is 0 Å². The van der Waals surface area contributed by atoms with Crippen LogP contribution < -0.4 is 5.32 Å². The zero-order valence-corrected chi connectivity index (χ0v) is 6.11. The third-order valence-corrected chi connectivity index (χ3v) is 1.63. The Labute approximate surface area is 60.6 Å². The van der Waals surface area contributed by atoms with Crippen LogP contribution in [0.15, 0.2) is 11.3 Å². The molecular formula is C7H12N2O. The zero-order chi connectivity index (χ0) is 7.40. The van der Waals surface area contributed by atoms with Crippen LogP contribution in [0.5, 0.6) is 0 Å². The first kappa shape index (κ1) is 7.28. The molecule has 0 atom stereocenters. The van der Waals surface area contributed by atoms with Gasteiger partial charge in [0.2, 0.25) is 0 Å².